The Kier molecular flexibility index (Phi) is 5.51. The van der Waals surface area contributed by atoms with Crippen LogP contribution >= 0.6 is 0 Å². The fourth-order valence-electron chi connectivity index (χ4n) is 3.00. The van der Waals surface area contributed by atoms with Gasteiger partial charge in [0.2, 0.25) is 0 Å². The zero-order valence-corrected chi connectivity index (χ0v) is 11.5. The maximum Gasteiger partial charge on any atom is 0.136 e. The fourth-order valence-corrected chi connectivity index (χ4v) is 3.00. The monoisotopic (exact) mass is 224 g/mol. The normalized spacial score (nSPS) is 26.8. The third-order valence-electron chi connectivity index (χ3n) is 4.52. The van der Waals surface area contributed by atoms with Gasteiger partial charge in [0.05, 0.1) is 0 Å². The van der Waals surface area contributed by atoms with Crippen molar-refractivity contribution < 1.29 is 4.79 Å². The molecule has 0 saturated heterocycles. The van der Waals surface area contributed by atoms with Gasteiger partial charge in [0, 0.05) is 12.3 Å². The Hall–Kier alpha value is -0.330. The van der Waals surface area contributed by atoms with E-state index in [0.29, 0.717) is 11.7 Å². The summed E-state index contributed by atoms with van der Waals surface area (Å²) >= 11 is 0. The van der Waals surface area contributed by atoms with Crippen molar-refractivity contribution in [2.45, 2.75) is 66.2 Å². The smallest absolute Gasteiger partial charge is 0.136 e. The standard InChI is InChI=1S/C15H28O/c1-5-12(6-2)9-14-10-13(11(3)4)7-8-15(14)16/h11-14H,5-10H2,1-4H3. The first kappa shape index (κ1) is 13.7. The topological polar surface area (TPSA) is 17.1 Å². The highest BCUT2D eigenvalue weighted by Crippen LogP contribution is 2.35. The van der Waals surface area contributed by atoms with E-state index >= 15 is 0 Å². The molecule has 1 aliphatic carbocycles. The number of ketones is 1. The molecule has 0 aromatic rings. The first-order valence-corrected chi connectivity index (χ1v) is 7.11. The van der Waals surface area contributed by atoms with E-state index in [1.807, 2.05) is 0 Å². The second kappa shape index (κ2) is 6.42. The average molecular weight is 224 g/mol. The van der Waals surface area contributed by atoms with E-state index in [1.54, 1.807) is 0 Å². The molecule has 0 aromatic heterocycles. The predicted molar refractivity (Wildman–Crippen MR) is 69.4 cm³/mol. The molecule has 1 saturated carbocycles. The van der Waals surface area contributed by atoms with Crippen molar-refractivity contribution in [1.82, 2.24) is 0 Å². The number of carbonyl (C=O) groups excluding carboxylic acids is 1. The van der Waals surface area contributed by atoms with Gasteiger partial charge in [-0.25, -0.2) is 0 Å². The molecule has 0 spiro atoms. The lowest BCUT2D eigenvalue weighted by molar-refractivity contribution is -0.126. The van der Waals surface area contributed by atoms with Crippen molar-refractivity contribution in [3.63, 3.8) is 0 Å². The average Bonchev–Trinajstić information content (AvgIpc) is 2.27. The summed E-state index contributed by atoms with van der Waals surface area (Å²) in [6, 6.07) is 0. The van der Waals surface area contributed by atoms with Crippen molar-refractivity contribution in [1.29, 1.82) is 0 Å². The van der Waals surface area contributed by atoms with E-state index in [9.17, 15) is 4.79 Å². The quantitative estimate of drug-likeness (QED) is 0.674. The number of rotatable bonds is 5. The molecular formula is C15H28O. The number of hydrogen-bond acceptors (Lipinski definition) is 1. The van der Waals surface area contributed by atoms with Crippen molar-refractivity contribution in [2.75, 3.05) is 0 Å². The van der Waals surface area contributed by atoms with Crippen LogP contribution in [-0.4, -0.2) is 5.78 Å². The molecule has 0 N–H and O–H groups in total. The highest BCUT2D eigenvalue weighted by atomic mass is 16.1. The molecule has 0 heterocycles. The van der Waals surface area contributed by atoms with Gasteiger partial charge in [0.25, 0.3) is 0 Å². The summed E-state index contributed by atoms with van der Waals surface area (Å²) in [5, 5.41) is 0. The molecule has 1 nitrogen and oxygen atoms in total. The van der Waals surface area contributed by atoms with Gasteiger partial charge >= 0.3 is 0 Å². The van der Waals surface area contributed by atoms with Crippen LogP contribution in [0.2, 0.25) is 0 Å². The van der Waals surface area contributed by atoms with Crippen molar-refractivity contribution in [2.24, 2.45) is 23.7 Å². The van der Waals surface area contributed by atoms with Gasteiger partial charge in [-0.05, 0) is 37.0 Å². The molecule has 1 rings (SSSR count). The first-order chi connectivity index (χ1) is 7.58. The van der Waals surface area contributed by atoms with E-state index < -0.39 is 0 Å². The Morgan fingerprint density at radius 1 is 1.25 bits per heavy atom. The lowest BCUT2D eigenvalue weighted by Gasteiger charge is -2.32. The molecule has 0 aromatic carbocycles. The summed E-state index contributed by atoms with van der Waals surface area (Å²) in [6.45, 7) is 9.10. The Morgan fingerprint density at radius 2 is 1.88 bits per heavy atom. The van der Waals surface area contributed by atoms with Crippen molar-refractivity contribution in [3.8, 4) is 0 Å². The van der Waals surface area contributed by atoms with E-state index in [-0.39, 0.29) is 0 Å². The Labute approximate surface area is 101 Å². The molecule has 2 unspecified atom stereocenters. The van der Waals surface area contributed by atoms with Crippen LogP contribution < -0.4 is 0 Å². The minimum atomic E-state index is 0.381. The molecule has 0 amide bonds. The summed E-state index contributed by atoms with van der Waals surface area (Å²) in [4.78, 5) is 11.9. The molecule has 2 atom stereocenters. The minimum absolute atomic E-state index is 0.381. The van der Waals surface area contributed by atoms with E-state index in [1.165, 1.54) is 12.8 Å². The van der Waals surface area contributed by atoms with Gasteiger partial charge in [-0.1, -0.05) is 40.5 Å². The van der Waals surface area contributed by atoms with Crippen LogP contribution in [0.4, 0.5) is 0 Å². The van der Waals surface area contributed by atoms with Gasteiger partial charge in [-0.3, -0.25) is 4.79 Å². The zero-order chi connectivity index (χ0) is 12.1. The molecular weight excluding hydrogens is 196 g/mol. The van der Waals surface area contributed by atoms with Gasteiger partial charge in [-0.2, -0.15) is 0 Å². The molecule has 0 aliphatic heterocycles. The van der Waals surface area contributed by atoms with Crippen LogP contribution in [-0.2, 0) is 4.79 Å². The Balaban J connectivity index is 2.52. The number of carbonyl (C=O) groups is 1. The number of Topliss-reactive ketones (excluding diaryl/α,β-unsaturated/α-hetero) is 1. The highest BCUT2D eigenvalue weighted by Gasteiger charge is 2.31. The van der Waals surface area contributed by atoms with Crippen LogP contribution in [0.1, 0.15) is 66.2 Å². The van der Waals surface area contributed by atoms with E-state index in [4.69, 9.17) is 0 Å². The summed E-state index contributed by atoms with van der Waals surface area (Å²) in [7, 11) is 0. The SMILES string of the molecule is CCC(CC)CC1CC(C(C)C)CCC1=O. The molecule has 1 fully saturated rings. The van der Waals surface area contributed by atoms with Gasteiger partial charge in [0.1, 0.15) is 5.78 Å². The third kappa shape index (κ3) is 3.61. The maximum absolute atomic E-state index is 11.9. The predicted octanol–water partition coefficient (Wildman–Crippen LogP) is 4.45. The van der Waals surface area contributed by atoms with Crippen LogP contribution in [0.3, 0.4) is 0 Å². The van der Waals surface area contributed by atoms with Gasteiger partial charge in [0.15, 0.2) is 0 Å². The molecule has 16 heavy (non-hydrogen) atoms. The Morgan fingerprint density at radius 3 is 2.38 bits per heavy atom. The van der Waals surface area contributed by atoms with Gasteiger partial charge in [-0.15, -0.1) is 0 Å². The van der Waals surface area contributed by atoms with Crippen molar-refractivity contribution >= 4 is 5.78 Å². The maximum atomic E-state index is 11.9. The van der Waals surface area contributed by atoms with Crippen LogP contribution in [0.5, 0.6) is 0 Å². The van der Waals surface area contributed by atoms with Crippen LogP contribution in [0.25, 0.3) is 0 Å². The fraction of sp³-hybridized carbons (Fsp3) is 0.933. The molecule has 94 valence electrons. The third-order valence-corrected chi connectivity index (χ3v) is 4.52. The lowest BCUT2D eigenvalue weighted by Crippen LogP contribution is -2.29. The molecule has 0 radical (unpaired) electrons. The summed E-state index contributed by atoms with van der Waals surface area (Å²) in [6.07, 6.45) is 6.74. The van der Waals surface area contributed by atoms with Crippen LogP contribution in [0.15, 0.2) is 0 Å². The highest BCUT2D eigenvalue weighted by molar-refractivity contribution is 5.81. The second-order valence-electron chi connectivity index (χ2n) is 5.86. The number of hydrogen-bond donors (Lipinski definition) is 0. The summed E-state index contributed by atoms with van der Waals surface area (Å²) < 4.78 is 0. The van der Waals surface area contributed by atoms with Crippen molar-refractivity contribution in [3.05, 3.63) is 0 Å². The van der Waals surface area contributed by atoms with Crippen LogP contribution in [0, 0.1) is 23.7 Å². The van der Waals surface area contributed by atoms with Gasteiger partial charge < -0.3 is 0 Å². The van der Waals surface area contributed by atoms with E-state index in [2.05, 4.69) is 27.7 Å². The second-order valence-corrected chi connectivity index (χ2v) is 5.86. The largest absolute Gasteiger partial charge is 0.299 e. The summed E-state index contributed by atoms with van der Waals surface area (Å²) in [5.74, 6) is 3.23. The lowest BCUT2D eigenvalue weighted by atomic mass is 9.72. The summed E-state index contributed by atoms with van der Waals surface area (Å²) in [5.41, 5.74) is 0. The molecule has 0 bridgehead atoms. The molecule has 1 aliphatic rings. The van der Waals surface area contributed by atoms with E-state index in [0.717, 1.165) is 43.4 Å². The zero-order valence-electron chi connectivity index (χ0n) is 11.5. The first-order valence-electron chi connectivity index (χ1n) is 7.11. The minimum Gasteiger partial charge on any atom is -0.299 e. The molecule has 1 heteroatoms. The Bertz CT molecular complexity index is 213.